The fourth-order valence-corrected chi connectivity index (χ4v) is 3.06. The van der Waals surface area contributed by atoms with Crippen LogP contribution in [0.1, 0.15) is 29.3 Å². The topological polar surface area (TPSA) is 111 Å². The molecular weight excluding hydrogens is 390 g/mol. The van der Waals surface area contributed by atoms with Crippen LogP contribution in [-0.4, -0.2) is 47.9 Å². The van der Waals surface area contributed by atoms with Crippen molar-refractivity contribution in [2.75, 3.05) is 26.3 Å². The summed E-state index contributed by atoms with van der Waals surface area (Å²) in [5, 5.41) is 13.3. The molecular formula is C21H23N3O6. The largest absolute Gasteiger partial charge is 0.486 e. The Morgan fingerprint density at radius 1 is 1.10 bits per heavy atom. The number of benzene rings is 2. The molecule has 1 aliphatic heterocycles. The first kappa shape index (κ1) is 21.1. The highest BCUT2D eigenvalue weighted by atomic mass is 16.6. The molecule has 3 rings (SSSR count). The second kappa shape index (κ2) is 9.73. The van der Waals surface area contributed by atoms with Gasteiger partial charge in [0, 0.05) is 43.8 Å². The smallest absolute Gasteiger partial charge is 0.269 e. The predicted molar refractivity (Wildman–Crippen MR) is 109 cm³/mol. The number of nitrogens with zero attached hydrogens (tertiary/aromatic N) is 2. The number of amides is 2. The van der Waals surface area contributed by atoms with Gasteiger partial charge in [-0.05, 0) is 36.8 Å². The van der Waals surface area contributed by atoms with Crippen molar-refractivity contribution in [1.29, 1.82) is 0 Å². The molecule has 9 nitrogen and oxygen atoms in total. The van der Waals surface area contributed by atoms with Gasteiger partial charge in [0.15, 0.2) is 11.5 Å². The van der Waals surface area contributed by atoms with Crippen LogP contribution in [-0.2, 0) is 11.3 Å². The Kier molecular flexibility index (Phi) is 6.84. The lowest BCUT2D eigenvalue weighted by molar-refractivity contribution is -0.384. The first-order chi connectivity index (χ1) is 14.5. The summed E-state index contributed by atoms with van der Waals surface area (Å²) in [6.45, 7) is 4.06. The second-order valence-corrected chi connectivity index (χ2v) is 6.70. The average Bonchev–Trinajstić information content (AvgIpc) is 2.77. The molecule has 9 heteroatoms. The quantitative estimate of drug-likeness (QED) is 0.526. The Morgan fingerprint density at radius 3 is 2.47 bits per heavy atom. The van der Waals surface area contributed by atoms with Gasteiger partial charge in [-0.1, -0.05) is 6.07 Å². The van der Waals surface area contributed by atoms with Gasteiger partial charge in [0.2, 0.25) is 5.91 Å². The Balaban J connectivity index is 1.50. The van der Waals surface area contributed by atoms with Crippen molar-refractivity contribution in [3.05, 3.63) is 63.7 Å². The van der Waals surface area contributed by atoms with Crippen molar-refractivity contribution in [2.24, 2.45) is 0 Å². The van der Waals surface area contributed by atoms with E-state index in [1.807, 2.05) is 25.1 Å². The van der Waals surface area contributed by atoms with Gasteiger partial charge in [-0.3, -0.25) is 19.7 Å². The van der Waals surface area contributed by atoms with Gasteiger partial charge in [0.25, 0.3) is 11.6 Å². The van der Waals surface area contributed by atoms with Crippen LogP contribution in [0.25, 0.3) is 0 Å². The fourth-order valence-electron chi connectivity index (χ4n) is 3.06. The highest BCUT2D eigenvalue weighted by molar-refractivity contribution is 5.94. The molecule has 0 atom stereocenters. The number of non-ortho nitro benzene ring substituents is 1. The minimum Gasteiger partial charge on any atom is -0.486 e. The van der Waals surface area contributed by atoms with Gasteiger partial charge < -0.3 is 19.7 Å². The normalized spacial score (nSPS) is 12.2. The minimum absolute atomic E-state index is 0.0838. The van der Waals surface area contributed by atoms with Gasteiger partial charge in [-0.2, -0.15) is 0 Å². The zero-order chi connectivity index (χ0) is 21.5. The van der Waals surface area contributed by atoms with Crippen LogP contribution >= 0.6 is 0 Å². The third-order valence-corrected chi connectivity index (χ3v) is 4.68. The summed E-state index contributed by atoms with van der Waals surface area (Å²) in [5.41, 5.74) is 1.15. The maximum absolute atomic E-state index is 12.5. The molecule has 2 amide bonds. The van der Waals surface area contributed by atoms with Crippen LogP contribution < -0.4 is 14.8 Å². The van der Waals surface area contributed by atoms with Crippen molar-refractivity contribution in [3.8, 4) is 11.5 Å². The molecule has 30 heavy (non-hydrogen) atoms. The summed E-state index contributed by atoms with van der Waals surface area (Å²) >= 11 is 0. The maximum atomic E-state index is 12.5. The number of carbonyl (C=O) groups is 2. The first-order valence-corrected chi connectivity index (χ1v) is 9.67. The maximum Gasteiger partial charge on any atom is 0.269 e. The highest BCUT2D eigenvalue weighted by Gasteiger charge is 2.16. The molecule has 2 aromatic rings. The highest BCUT2D eigenvalue weighted by Crippen LogP contribution is 2.31. The molecule has 1 aliphatic rings. The van der Waals surface area contributed by atoms with E-state index < -0.39 is 4.92 Å². The third-order valence-electron chi connectivity index (χ3n) is 4.68. The number of fused-ring (bicyclic) bond motifs is 1. The van der Waals surface area contributed by atoms with E-state index in [4.69, 9.17) is 9.47 Å². The zero-order valence-electron chi connectivity index (χ0n) is 16.6. The molecule has 1 N–H and O–H groups in total. The minimum atomic E-state index is -0.526. The van der Waals surface area contributed by atoms with Crippen LogP contribution in [0.3, 0.4) is 0 Å². The monoisotopic (exact) mass is 413 g/mol. The lowest BCUT2D eigenvalue weighted by Gasteiger charge is -2.23. The molecule has 1 heterocycles. The standard InChI is InChI=1S/C21H23N3O6/c1-2-23(14-15-3-8-18-19(13-15)30-12-11-29-18)20(25)9-10-22-21(26)16-4-6-17(7-5-16)24(27)28/h3-8,13H,2,9-12,14H2,1H3,(H,22,26). The second-order valence-electron chi connectivity index (χ2n) is 6.70. The number of hydrogen-bond donors (Lipinski definition) is 1. The number of nitro groups is 1. The molecule has 0 saturated carbocycles. The number of rotatable bonds is 8. The summed E-state index contributed by atoms with van der Waals surface area (Å²) < 4.78 is 11.1. The Bertz CT molecular complexity index is 929. The van der Waals surface area contributed by atoms with Crippen molar-refractivity contribution in [2.45, 2.75) is 19.9 Å². The molecule has 0 radical (unpaired) electrons. The summed E-state index contributed by atoms with van der Waals surface area (Å²) in [4.78, 5) is 36.5. The van der Waals surface area contributed by atoms with E-state index in [1.54, 1.807) is 4.90 Å². The molecule has 0 bridgehead atoms. The Labute approximate surface area is 173 Å². The van der Waals surface area contributed by atoms with Crippen molar-refractivity contribution >= 4 is 17.5 Å². The van der Waals surface area contributed by atoms with Gasteiger partial charge >= 0.3 is 0 Å². The van der Waals surface area contributed by atoms with E-state index in [2.05, 4.69) is 5.32 Å². The zero-order valence-corrected chi connectivity index (χ0v) is 16.6. The van der Waals surface area contributed by atoms with Gasteiger partial charge in [-0.25, -0.2) is 0 Å². The van der Waals surface area contributed by atoms with E-state index in [9.17, 15) is 19.7 Å². The lowest BCUT2D eigenvalue weighted by Crippen LogP contribution is -2.34. The van der Waals surface area contributed by atoms with E-state index in [0.29, 0.717) is 43.4 Å². The molecule has 0 unspecified atom stereocenters. The molecule has 0 aliphatic carbocycles. The molecule has 0 saturated heterocycles. The molecule has 158 valence electrons. The third kappa shape index (κ3) is 5.25. The predicted octanol–water partition coefficient (Wildman–Crippen LogP) is 2.53. The Hall–Kier alpha value is -3.62. The van der Waals surface area contributed by atoms with Crippen LogP contribution in [0.15, 0.2) is 42.5 Å². The summed E-state index contributed by atoms with van der Waals surface area (Å²) in [5.74, 6) is 0.912. The van der Waals surface area contributed by atoms with E-state index in [1.165, 1.54) is 24.3 Å². The molecule has 2 aromatic carbocycles. The molecule has 0 aromatic heterocycles. The molecule has 0 fully saturated rings. The lowest BCUT2D eigenvalue weighted by atomic mass is 10.1. The number of carbonyl (C=O) groups excluding carboxylic acids is 2. The van der Waals surface area contributed by atoms with E-state index in [-0.39, 0.29) is 30.5 Å². The van der Waals surface area contributed by atoms with Gasteiger partial charge in [0.1, 0.15) is 13.2 Å². The number of ether oxygens (including phenoxy) is 2. The summed E-state index contributed by atoms with van der Waals surface area (Å²) in [6.07, 6.45) is 0.150. The number of nitrogens with one attached hydrogen (secondary N) is 1. The fraction of sp³-hybridized carbons (Fsp3) is 0.333. The van der Waals surface area contributed by atoms with Gasteiger partial charge in [0.05, 0.1) is 4.92 Å². The van der Waals surface area contributed by atoms with E-state index >= 15 is 0 Å². The van der Waals surface area contributed by atoms with Crippen LogP contribution in [0, 0.1) is 10.1 Å². The van der Waals surface area contributed by atoms with Crippen LogP contribution in [0.2, 0.25) is 0 Å². The van der Waals surface area contributed by atoms with Crippen LogP contribution in [0.4, 0.5) is 5.69 Å². The van der Waals surface area contributed by atoms with Crippen molar-refractivity contribution in [3.63, 3.8) is 0 Å². The Morgan fingerprint density at radius 2 is 1.80 bits per heavy atom. The van der Waals surface area contributed by atoms with Crippen LogP contribution in [0.5, 0.6) is 11.5 Å². The SMILES string of the molecule is CCN(Cc1ccc2c(c1)OCCO2)C(=O)CCNC(=O)c1ccc([N+](=O)[O-])cc1. The molecule has 0 spiro atoms. The summed E-state index contributed by atoms with van der Waals surface area (Å²) in [7, 11) is 0. The first-order valence-electron chi connectivity index (χ1n) is 9.67. The van der Waals surface area contributed by atoms with Gasteiger partial charge in [-0.15, -0.1) is 0 Å². The summed E-state index contributed by atoms with van der Waals surface area (Å²) in [6, 6.07) is 10.9. The van der Waals surface area contributed by atoms with Crippen molar-refractivity contribution in [1.82, 2.24) is 10.2 Å². The van der Waals surface area contributed by atoms with Crippen molar-refractivity contribution < 1.29 is 24.0 Å². The van der Waals surface area contributed by atoms with E-state index in [0.717, 1.165) is 5.56 Å². The average molecular weight is 413 g/mol. The number of nitro benzene ring substituents is 1. The number of hydrogen-bond acceptors (Lipinski definition) is 6.